The van der Waals surface area contributed by atoms with Crippen molar-refractivity contribution in [2.24, 2.45) is 5.92 Å². The second-order valence-electron chi connectivity index (χ2n) is 5.97. The van der Waals surface area contributed by atoms with E-state index in [9.17, 15) is 13.6 Å². The zero-order chi connectivity index (χ0) is 17.6. The van der Waals surface area contributed by atoms with Crippen LogP contribution in [0.3, 0.4) is 0 Å². The third-order valence-electron chi connectivity index (χ3n) is 4.49. The van der Waals surface area contributed by atoms with Crippen molar-refractivity contribution in [1.29, 1.82) is 0 Å². The van der Waals surface area contributed by atoms with Crippen molar-refractivity contribution in [3.05, 3.63) is 53.2 Å². The third-order valence-corrected chi connectivity index (χ3v) is 4.49. The maximum absolute atomic E-state index is 14.1. The number of hydrogen-bond donors (Lipinski definition) is 2. The van der Waals surface area contributed by atoms with Gasteiger partial charge in [-0.25, -0.2) is 18.6 Å². The normalized spacial score (nSPS) is 22.7. The van der Waals surface area contributed by atoms with Crippen molar-refractivity contribution in [2.45, 2.75) is 12.0 Å². The van der Waals surface area contributed by atoms with Gasteiger partial charge in [0.1, 0.15) is 11.6 Å². The summed E-state index contributed by atoms with van der Waals surface area (Å²) in [6.07, 6.45) is 6.71. The lowest BCUT2D eigenvalue weighted by atomic mass is 10.0. The molecule has 3 atom stereocenters. The highest BCUT2D eigenvalue weighted by molar-refractivity contribution is 5.89. The molecule has 1 unspecified atom stereocenters. The van der Waals surface area contributed by atoms with Gasteiger partial charge >= 0.3 is 6.03 Å². The fraction of sp³-hybridized carbons (Fsp3) is 0.222. The smallest absolute Gasteiger partial charge is 0.320 e. The Hall–Kier alpha value is -3.14. The van der Waals surface area contributed by atoms with Gasteiger partial charge in [0, 0.05) is 35.2 Å². The fourth-order valence-corrected chi connectivity index (χ4v) is 3.21. The Morgan fingerprint density at radius 3 is 2.80 bits per heavy atom. The molecule has 2 heterocycles. The number of carbonyl (C=O) groups is 1. The largest absolute Gasteiger partial charge is 0.490 e. The van der Waals surface area contributed by atoms with Gasteiger partial charge in [-0.2, -0.15) is 0 Å². The molecule has 2 aliphatic rings. The number of nitrogens with one attached hydrogen (secondary N) is 2. The number of nitrogens with zero attached hydrogens (tertiary/aromatic N) is 1. The number of benzene rings is 1. The molecular formula is C18H13F2N3O2. The fourth-order valence-electron chi connectivity index (χ4n) is 3.21. The molecule has 0 radical (unpaired) electrons. The van der Waals surface area contributed by atoms with E-state index in [1.807, 2.05) is 0 Å². The van der Waals surface area contributed by atoms with Crippen molar-refractivity contribution in [1.82, 2.24) is 10.3 Å². The number of hydrogen-bond acceptors (Lipinski definition) is 3. The first-order valence-corrected chi connectivity index (χ1v) is 7.69. The second kappa shape index (κ2) is 5.74. The third kappa shape index (κ3) is 2.66. The van der Waals surface area contributed by atoms with Crippen LogP contribution in [0.5, 0.6) is 5.75 Å². The van der Waals surface area contributed by atoms with Crippen LogP contribution in [0.4, 0.5) is 19.4 Å². The Morgan fingerprint density at radius 1 is 1.28 bits per heavy atom. The van der Waals surface area contributed by atoms with Crippen LogP contribution in [0, 0.1) is 29.9 Å². The number of halogens is 2. The molecule has 7 heteroatoms. The quantitative estimate of drug-likeness (QED) is 0.826. The monoisotopic (exact) mass is 341 g/mol. The van der Waals surface area contributed by atoms with Crippen molar-refractivity contribution >= 4 is 11.8 Å². The van der Waals surface area contributed by atoms with E-state index in [1.54, 1.807) is 12.1 Å². The minimum Gasteiger partial charge on any atom is -0.490 e. The van der Waals surface area contributed by atoms with Gasteiger partial charge in [-0.05, 0) is 24.3 Å². The Morgan fingerprint density at radius 2 is 2.08 bits per heavy atom. The van der Waals surface area contributed by atoms with E-state index >= 15 is 0 Å². The van der Waals surface area contributed by atoms with Crippen LogP contribution in [0.2, 0.25) is 0 Å². The Balaban J connectivity index is 1.45. The van der Waals surface area contributed by atoms with E-state index in [4.69, 9.17) is 11.2 Å². The molecule has 1 aromatic heterocycles. The number of ether oxygens (including phenoxy) is 1. The van der Waals surface area contributed by atoms with Crippen LogP contribution in [0.1, 0.15) is 17.0 Å². The predicted molar refractivity (Wildman–Crippen MR) is 86.2 cm³/mol. The Bertz CT molecular complexity index is 892. The molecule has 1 aromatic carbocycles. The molecule has 0 spiro atoms. The van der Waals surface area contributed by atoms with Gasteiger partial charge in [0.05, 0.1) is 6.61 Å². The number of fused-ring (bicyclic) bond motifs is 3. The molecule has 1 aliphatic carbocycles. The number of anilines is 1. The zero-order valence-electron chi connectivity index (χ0n) is 12.9. The molecule has 1 fully saturated rings. The highest BCUT2D eigenvalue weighted by Crippen LogP contribution is 2.55. The van der Waals surface area contributed by atoms with Crippen molar-refractivity contribution in [3.63, 3.8) is 0 Å². The first kappa shape index (κ1) is 15.4. The van der Waals surface area contributed by atoms with Gasteiger partial charge in [0.25, 0.3) is 0 Å². The molecule has 1 aliphatic heterocycles. The summed E-state index contributed by atoms with van der Waals surface area (Å²) in [6.45, 7) is 0.234. The van der Waals surface area contributed by atoms with E-state index in [1.165, 1.54) is 6.20 Å². The van der Waals surface area contributed by atoms with Gasteiger partial charge in [-0.3, -0.25) is 5.32 Å². The number of amides is 2. The summed E-state index contributed by atoms with van der Waals surface area (Å²) in [5.41, 5.74) is 0.795. The van der Waals surface area contributed by atoms with Crippen molar-refractivity contribution < 1.29 is 18.3 Å². The highest BCUT2D eigenvalue weighted by atomic mass is 19.1. The summed E-state index contributed by atoms with van der Waals surface area (Å²) < 4.78 is 33.2. The summed E-state index contributed by atoms with van der Waals surface area (Å²) in [5, 5.41) is 5.35. The van der Waals surface area contributed by atoms with E-state index in [0.717, 1.165) is 12.1 Å². The molecule has 2 N–H and O–H groups in total. The zero-order valence-corrected chi connectivity index (χ0v) is 12.9. The van der Waals surface area contributed by atoms with Crippen molar-refractivity contribution in [2.75, 3.05) is 11.9 Å². The van der Waals surface area contributed by atoms with E-state index < -0.39 is 17.7 Å². The van der Waals surface area contributed by atoms with Crippen LogP contribution in [-0.4, -0.2) is 23.7 Å². The van der Waals surface area contributed by atoms with Gasteiger partial charge in [0.15, 0.2) is 11.6 Å². The van der Waals surface area contributed by atoms with Gasteiger partial charge in [0.2, 0.25) is 0 Å². The number of terminal acetylenes is 1. The van der Waals surface area contributed by atoms with E-state index in [0.29, 0.717) is 11.4 Å². The van der Waals surface area contributed by atoms with Crippen LogP contribution in [-0.2, 0) is 0 Å². The lowest BCUT2D eigenvalue weighted by molar-refractivity contribution is 0.247. The van der Waals surface area contributed by atoms with Crippen LogP contribution in [0.25, 0.3) is 0 Å². The lowest BCUT2D eigenvalue weighted by Crippen LogP contribution is -2.32. The highest BCUT2D eigenvalue weighted by Gasteiger charge is 2.57. The van der Waals surface area contributed by atoms with Gasteiger partial charge < -0.3 is 10.1 Å². The molecule has 0 bridgehead atoms. The van der Waals surface area contributed by atoms with E-state index in [-0.39, 0.29) is 35.8 Å². The molecular weight excluding hydrogens is 328 g/mol. The molecule has 25 heavy (non-hydrogen) atoms. The summed E-state index contributed by atoms with van der Waals surface area (Å²) in [7, 11) is 0. The summed E-state index contributed by atoms with van der Waals surface area (Å²) >= 11 is 0. The molecule has 4 rings (SSSR count). The second-order valence-corrected chi connectivity index (χ2v) is 5.97. The number of carbonyl (C=O) groups excluding carboxylic acids is 1. The Kier molecular flexibility index (Phi) is 3.53. The SMILES string of the molecule is C#Cc1ccc(NC(=O)NC2[C@H]3COc4c(F)ccc(F)c4[C@@H]23)nc1. The lowest BCUT2D eigenvalue weighted by Gasteiger charge is -2.16. The number of rotatable bonds is 2. The minimum atomic E-state index is -0.595. The first-order chi connectivity index (χ1) is 12.1. The standard InChI is InChI=1S/C18H13F2N3O2/c1-2-9-3-6-13(21-7-9)22-18(24)23-16-10-8-25-17-12(20)5-4-11(19)15(17)14(10)16/h1,3-7,10,14,16H,8H2,(H2,21,22,23,24)/t10-,14-,16?/m0/s1. The van der Waals surface area contributed by atoms with Gasteiger partial charge in [-0.15, -0.1) is 6.42 Å². The molecule has 5 nitrogen and oxygen atoms in total. The molecule has 1 saturated carbocycles. The maximum atomic E-state index is 14.1. The maximum Gasteiger partial charge on any atom is 0.320 e. The molecule has 0 saturated heterocycles. The topological polar surface area (TPSA) is 63.2 Å². The van der Waals surface area contributed by atoms with Crippen molar-refractivity contribution in [3.8, 4) is 18.1 Å². The molecule has 2 amide bonds. The van der Waals surface area contributed by atoms with Crippen LogP contribution in [0.15, 0.2) is 30.5 Å². The minimum absolute atomic E-state index is 0.0579. The average molecular weight is 341 g/mol. The summed E-state index contributed by atoms with van der Waals surface area (Å²) in [5.74, 6) is 1.23. The van der Waals surface area contributed by atoms with Crippen LogP contribution < -0.4 is 15.4 Å². The number of pyridine rings is 1. The number of urea groups is 1. The summed E-state index contributed by atoms with van der Waals surface area (Å²) in [4.78, 5) is 16.1. The number of aromatic nitrogens is 1. The van der Waals surface area contributed by atoms with E-state index in [2.05, 4.69) is 21.5 Å². The molecule has 2 aromatic rings. The predicted octanol–water partition coefficient (Wildman–Crippen LogP) is 2.64. The Labute approximate surface area is 142 Å². The van der Waals surface area contributed by atoms with Gasteiger partial charge in [-0.1, -0.05) is 5.92 Å². The average Bonchev–Trinajstić information content (AvgIpc) is 3.31. The first-order valence-electron chi connectivity index (χ1n) is 7.69. The summed E-state index contributed by atoms with van der Waals surface area (Å²) in [6, 6.07) is 4.56. The molecule has 126 valence electrons. The van der Waals surface area contributed by atoms with Crippen LogP contribution >= 0.6 is 0 Å².